The Balaban J connectivity index is 2.11. The van der Waals surface area contributed by atoms with Gasteiger partial charge in [0.2, 0.25) is 5.91 Å². The van der Waals surface area contributed by atoms with Gasteiger partial charge in [0.1, 0.15) is 0 Å². The molecule has 1 aromatic carbocycles. The van der Waals surface area contributed by atoms with Gasteiger partial charge in [-0.05, 0) is 31.0 Å². The van der Waals surface area contributed by atoms with Crippen LogP contribution in [0, 0.1) is 5.41 Å². The summed E-state index contributed by atoms with van der Waals surface area (Å²) in [4.78, 5) is 25.4. The molecule has 4 N–H and O–H groups in total. The topological polar surface area (TPSA) is 89.4 Å². The molecule has 2 amide bonds. The SMILES string of the molecule is CC1(C(N)=O)CCN(C(=O)c2ccc(CN)cc2)C1. The molecule has 0 spiro atoms. The van der Waals surface area contributed by atoms with Crippen LogP contribution < -0.4 is 11.5 Å². The Labute approximate surface area is 112 Å². The molecule has 1 aliphatic rings. The summed E-state index contributed by atoms with van der Waals surface area (Å²) in [6.45, 7) is 3.22. The highest BCUT2D eigenvalue weighted by Crippen LogP contribution is 2.30. The molecule has 2 rings (SSSR count). The summed E-state index contributed by atoms with van der Waals surface area (Å²) in [6, 6.07) is 7.22. The molecular weight excluding hydrogens is 242 g/mol. The summed E-state index contributed by atoms with van der Waals surface area (Å²) in [5, 5.41) is 0. The van der Waals surface area contributed by atoms with E-state index < -0.39 is 5.41 Å². The molecule has 1 aromatic rings. The average molecular weight is 261 g/mol. The van der Waals surface area contributed by atoms with E-state index in [1.165, 1.54) is 0 Å². The van der Waals surface area contributed by atoms with E-state index in [0.717, 1.165) is 5.56 Å². The summed E-state index contributed by atoms with van der Waals surface area (Å²) in [7, 11) is 0. The lowest BCUT2D eigenvalue weighted by molar-refractivity contribution is -0.126. The van der Waals surface area contributed by atoms with Gasteiger partial charge in [0.05, 0.1) is 5.41 Å². The van der Waals surface area contributed by atoms with Crippen LogP contribution in [0.25, 0.3) is 0 Å². The van der Waals surface area contributed by atoms with E-state index in [1.807, 2.05) is 12.1 Å². The number of hydrogen-bond donors (Lipinski definition) is 2. The lowest BCUT2D eigenvalue weighted by atomic mass is 9.89. The molecule has 19 heavy (non-hydrogen) atoms. The van der Waals surface area contributed by atoms with Crippen LogP contribution in [0.5, 0.6) is 0 Å². The number of nitrogens with two attached hydrogens (primary N) is 2. The molecule has 0 aromatic heterocycles. The van der Waals surface area contributed by atoms with E-state index in [0.29, 0.717) is 31.6 Å². The van der Waals surface area contributed by atoms with Crippen molar-refractivity contribution in [2.45, 2.75) is 19.9 Å². The molecule has 0 aliphatic carbocycles. The number of nitrogens with zero attached hydrogens (tertiary/aromatic N) is 1. The van der Waals surface area contributed by atoms with Crippen molar-refractivity contribution in [3.05, 3.63) is 35.4 Å². The number of carbonyl (C=O) groups excluding carboxylic acids is 2. The smallest absolute Gasteiger partial charge is 0.253 e. The van der Waals surface area contributed by atoms with Crippen molar-refractivity contribution in [1.29, 1.82) is 0 Å². The van der Waals surface area contributed by atoms with E-state index in [2.05, 4.69) is 0 Å². The highest BCUT2D eigenvalue weighted by Gasteiger charge is 2.40. The minimum atomic E-state index is -0.604. The molecule has 5 heteroatoms. The predicted octanol–water partition coefficient (Wildman–Crippen LogP) is 0.483. The van der Waals surface area contributed by atoms with E-state index >= 15 is 0 Å². The third kappa shape index (κ3) is 2.61. The average Bonchev–Trinajstić information content (AvgIpc) is 2.82. The molecule has 1 aliphatic heterocycles. The zero-order valence-corrected chi connectivity index (χ0v) is 11.1. The summed E-state index contributed by atoms with van der Waals surface area (Å²) in [6.07, 6.45) is 0.620. The molecule has 1 unspecified atom stereocenters. The maximum Gasteiger partial charge on any atom is 0.253 e. The Morgan fingerprint density at radius 1 is 1.32 bits per heavy atom. The largest absolute Gasteiger partial charge is 0.369 e. The lowest BCUT2D eigenvalue weighted by Crippen LogP contribution is -2.38. The summed E-state index contributed by atoms with van der Waals surface area (Å²) < 4.78 is 0. The second-order valence-corrected chi connectivity index (χ2v) is 5.30. The minimum absolute atomic E-state index is 0.0615. The van der Waals surface area contributed by atoms with E-state index in [9.17, 15) is 9.59 Å². The quantitative estimate of drug-likeness (QED) is 0.829. The minimum Gasteiger partial charge on any atom is -0.369 e. The zero-order chi connectivity index (χ0) is 14.0. The number of likely N-dealkylation sites (tertiary alicyclic amines) is 1. The van der Waals surface area contributed by atoms with E-state index in [1.54, 1.807) is 24.0 Å². The van der Waals surface area contributed by atoms with Crippen molar-refractivity contribution in [3.63, 3.8) is 0 Å². The van der Waals surface area contributed by atoms with Gasteiger partial charge in [-0.3, -0.25) is 9.59 Å². The highest BCUT2D eigenvalue weighted by molar-refractivity contribution is 5.95. The molecule has 1 heterocycles. The molecule has 102 valence electrons. The summed E-state index contributed by atoms with van der Waals surface area (Å²) >= 11 is 0. The van der Waals surface area contributed by atoms with Gasteiger partial charge in [0.15, 0.2) is 0 Å². The highest BCUT2D eigenvalue weighted by atomic mass is 16.2. The van der Waals surface area contributed by atoms with Crippen molar-refractivity contribution in [2.24, 2.45) is 16.9 Å². The van der Waals surface area contributed by atoms with Gasteiger partial charge in [-0.2, -0.15) is 0 Å². The van der Waals surface area contributed by atoms with Crippen LogP contribution in [0.4, 0.5) is 0 Å². The maximum atomic E-state index is 12.3. The molecule has 5 nitrogen and oxygen atoms in total. The predicted molar refractivity (Wildman–Crippen MR) is 72.2 cm³/mol. The van der Waals surface area contributed by atoms with Crippen molar-refractivity contribution in [3.8, 4) is 0 Å². The Morgan fingerprint density at radius 2 is 1.95 bits per heavy atom. The van der Waals surface area contributed by atoms with Crippen LogP contribution in [-0.2, 0) is 11.3 Å². The maximum absolute atomic E-state index is 12.3. The van der Waals surface area contributed by atoms with Crippen molar-refractivity contribution >= 4 is 11.8 Å². The van der Waals surface area contributed by atoms with Crippen molar-refractivity contribution in [2.75, 3.05) is 13.1 Å². The van der Waals surface area contributed by atoms with Crippen molar-refractivity contribution < 1.29 is 9.59 Å². The number of rotatable bonds is 3. The van der Waals surface area contributed by atoms with Crippen molar-refractivity contribution in [1.82, 2.24) is 4.90 Å². The van der Waals surface area contributed by atoms with Gasteiger partial charge in [0, 0.05) is 25.2 Å². The first-order valence-corrected chi connectivity index (χ1v) is 6.34. The van der Waals surface area contributed by atoms with Crippen LogP contribution in [0.1, 0.15) is 29.3 Å². The van der Waals surface area contributed by atoms with Gasteiger partial charge in [-0.15, -0.1) is 0 Å². The third-order valence-corrected chi connectivity index (χ3v) is 3.79. The van der Waals surface area contributed by atoms with Crippen LogP contribution in [0.15, 0.2) is 24.3 Å². The van der Waals surface area contributed by atoms with Crippen LogP contribution in [0.3, 0.4) is 0 Å². The fourth-order valence-electron chi connectivity index (χ4n) is 2.30. The number of primary amides is 1. The lowest BCUT2D eigenvalue weighted by Gasteiger charge is -2.21. The van der Waals surface area contributed by atoms with Gasteiger partial charge in [-0.1, -0.05) is 12.1 Å². The van der Waals surface area contributed by atoms with E-state index in [-0.39, 0.29) is 11.8 Å². The van der Waals surface area contributed by atoms with Gasteiger partial charge in [-0.25, -0.2) is 0 Å². The first kappa shape index (κ1) is 13.5. The Morgan fingerprint density at radius 3 is 2.42 bits per heavy atom. The van der Waals surface area contributed by atoms with Crippen LogP contribution >= 0.6 is 0 Å². The first-order chi connectivity index (χ1) is 8.96. The van der Waals surface area contributed by atoms with Gasteiger partial charge >= 0.3 is 0 Å². The Hall–Kier alpha value is -1.88. The molecule has 0 radical (unpaired) electrons. The normalized spacial score (nSPS) is 22.5. The fraction of sp³-hybridized carbons (Fsp3) is 0.429. The summed E-state index contributed by atoms with van der Waals surface area (Å²) in [5.41, 5.74) is 11.9. The second-order valence-electron chi connectivity index (χ2n) is 5.30. The zero-order valence-electron chi connectivity index (χ0n) is 11.1. The molecular formula is C14H19N3O2. The molecule has 0 saturated carbocycles. The molecule has 0 bridgehead atoms. The number of hydrogen-bond acceptors (Lipinski definition) is 3. The third-order valence-electron chi connectivity index (χ3n) is 3.79. The molecule has 1 fully saturated rings. The monoisotopic (exact) mass is 261 g/mol. The standard InChI is InChI=1S/C14H19N3O2/c1-14(13(16)19)6-7-17(9-14)12(18)11-4-2-10(8-15)3-5-11/h2-5H,6-9,15H2,1H3,(H2,16,19). The number of amides is 2. The van der Waals surface area contributed by atoms with Gasteiger partial charge in [0.25, 0.3) is 5.91 Å². The van der Waals surface area contributed by atoms with Gasteiger partial charge < -0.3 is 16.4 Å². The Bertz CT molecular complexity index is 498. The molecule has 1 saturated heterocycles. The fourth-order valence-corrected chi connectivity index (χ4v) is 2.30. The second kappa shape index (κ2) is 5.01. The number of carbonyl (C=O) groups is 2. The van der Waals surface area contributed by atoms with E-state index in [4.69, 9.17) is 11.5 Å². The molecule has 1 atom stereocenters. The van der Waals surface area contributed by atoms with Crippen LogP contribution in [-0.4, -0.2) is 29.8 Å². The summed E-state index contributed by atoms with van der Waals surface area (Å²) in [5.74, 6) is -0.408. The number of benzene rings is 1. The Kier molecular flexibility index (Phi) is 3.57. The van der Waals surface area contributed by atoms with Crippen LogP contribution in [0.2, 0.25) is 0 Å². The first-order valence-electron chi connectivity index (χ1n) is 6.34.